The lowest BCUT2D eigenvalue weighted by atomic mass is 10.2. The lowest BCUT2D eigenvalue weighted by Gasteiger charge is -2.15. The molecule has 1 atom stereocenters. The van der Waals surface area contributed by atoms with Crippen LogP contribution in [-0.4, -0.2) is 48.4 Å². The smallest absolute Gasteiger partial charge is 0.335 e. The lowest BCUT2D eigenvalue weighted by molar-refractivity contribution is 0.0696. The SMILES string of the molecule is O=C(O)c1cccc(OCCN2CC[C@@H](F)C2)c1. The zero-order valence-corrected chi connectivity index (χ0v) is 10.0. The van der Waals surface area contributed by atoms with E-state index in [1.165, 1.54) is 12.1 Å². The Morgan fingerprint density at radius 1 is 1.56 bits per heavy atom. The van der Waals surface area contributed by atoms with Crippen molar-refractivity contribution < 1.29 is 19.0 Å². The van der Waals surface area contributed by atoms with Gasteiger partial charge >= 0.3 is 5.97 Å². The number of halogens is 1. The Bertz CT molecular complexity index is 424. The summed E-state index contributed by atoms with van der Waals surface area (Å²) in [6.07, 6.45) is -0.130. The van der Waals surface area contributed by atoms with E-state index in [9.17, 15) is 9.18 Å². The fourth-order valence-electron chi connectivity index (χ4n) is 2.00. The van der Waals surface area contributed by atoms with Crippen molar-refractivity contribution >= 4 is 5.97 Å². The normalized spacial score (nSPS) is 19.9. The van der Waals surface area contributed by atoms with Gasteiger partial charge in [0.2, 0.25) is 0 Å². The first-order valence-corrected chi connectivity index (χ1v) is 5.98. The third-order valence-corrected chi connectivity index (χ3v) is 2.97. The van der Waals surface area contributed by atoms with E-state index in [1.54, 1.807) is 12.1 Å². The summed E-state index contributed by atoms with van der Waals surface area (Å²) in [5.74, 6) is -0.439. The third-order valence-electron chi connectivity index (χ3n) is 2.97. The summed E-state index contributed by atoms with van der Waals surface area (Å²) in [4.78, 5) is 12.8. The molecule has 0 aliphatic carbocycles. The highest BCUT2D eigenvalue weighted by molar-refractivity contribution is 5.87. The van der Waals surface area contributed by atoms with E-state index in [0.29, 0.717) is 31.9 Å². The van der Waals surface area contributed by atoms with E-state index in [4.69, 9.17) is 9.84 Å². The molecule has 1 saturated heterocycles. The van der Waals surface area contributed by atoms with Gasteiger partial charge in [-0.3, -0.25) is 4.90 Å². The van der Waals surface area contributed by atoms with Crippen molar-refractivity contribution in [2.24, 2.45) is 0 Å². The summed E-state index contributed by atoms with van der Waals surface area (Å²) in [5, 5.41) is 8.83. The Hall–Kier alpha value is -1.62. The highest BCUT2D eigenvalue weighted by atomic mass is 19.1. The van der Waals surface area contributed by atoms with Crippen LogP contribution in [-0.2, 0) is 0 Å². The molecule has 0 unspecified atom stereocenters. The number of alkyl halides is 1. The van der Waals surface area contributed by atoms with Gasteiger partial charge in [-0.05, 0) is 24.6 Å². The average molecular weight is 253 g/mol. The molecular formula is C13H16FNO3. The standard InChI is InChI=1S/C13H16FNO3/c14-11-4-5-15(9-11)6-7-18-12-3-1-2-10(8-12)13(16)17/h1-3,8,11H,4-7,9H2,(H,16,17)/t11-/m1/s1. The maximum Gasteiger partial charge on any atom is 0.335 e. The van der Waals surface area contributed by atoms with Crippen molar-refractivity contribution in [1.82, 2.24) is 4.90 Å². The number of aromatic carboxylic acids is 1. The molecule has 0 radical (unpaired) electrons. The number of benzene rings is 1. The first kappa shape index (κ1) is 12.8. The van der Waals surface area contributed by atoms with Gasteiger partial charge in [0.15, 0.2) is 0 Å². The van der Waals surface area contributed by atoms with Crippen molar-refractivity contribution in [2.45, 2.75) is 12.6 Å². The maximum atomic E-state index is 12.9. The maximum absolute atomic E-state index is 12.9. The van der Waals surface area contributed by atoms with Crippen LogP contribution >= 0.6 is 0 Å². The van der Waals surface area contributed by atoms with Crippen LogP contribution in [0.3, 0.4) is 0 Å². The van der Waals surface area contributed by atoms with Gasteiger partial charge in [0.1, 0.15) is 18.5 Å². The predicted molar refractivity (Wildman–Crippen MR) is 64.8 cm³/mol. The number of carboxylic acids is 1. The van der Waals surface area contributed by atoms with E-state index in [-0.39, 0.29) is 5.56 Å². The molecule has 1 N–H and O–H groups in total. The molecule has 0 amide bonds. The minimum Gasteiger partial charge on any atom is -0.492 e. The largest absolute Gasteiger partial charge is 0.492 e. The molecule has 0 spiro atoms. The fourth-order valence-corrected chi connectivity index (χ4v) is 2.00. The van der Waals surface area contributed by atoms with E-state index < -0.39 is 12.1 Å². The Labute approximate surface area is 105 Å². The quantitative estimate of drug-likeness (QED) is 0.869. The Kier molecular flexibility index (Phi) is 4.15. The van der Waals surface area contributed by atoms with Crippen molar-refractivity contribution in [2.75, 3.05) is 26.2 Å². The highest BCUT2D eigenvalue weighted by Gasteiger charge is 2.21. The number of carbonyl (C=O) groups is 1. The number of hydrogen-bond donors (Lipinski definition) is 1. The summed E-state index contributed by atoms with van der Waals surface area (Å²) in [7, 11) is 0. The second kappa shape index (κ2) is 5.82. The average Bonchev–Trinajstić information content (AvgIpc) is 2.75. The molecule has 0 bridgehead atoms. The zero-order chi connectivity index (χ0) is 13.0. The van der Waals surface area contributed by atoms with Crippen LogP contribution in [0.25, 0.3) is 0 Å². The molecule has 1 aromatic rings. The van der Waals surface area contributed by atoms with Crippen molar-refractivity contribution in [1.29, 1.82) is 0 Å². The number of likely N-dealkylation sites (tertiary alicyclic amines) is 1. The van der Waals surface area contributed by atoms with Gasteiger partial charge in [-0.15, -0.1) is 0 Å². The molecule has 1 aromatic carbocycles. The molecular weight excluding hydrogens is 237 g/mol. The number of hydrogen-bond acceptors (Lipinski definition) is 3. The molecule has 1 heterocycles. The van der Waals surface area contributed by atoms with Gasteiger partial charge in [0, 0.05) is 19.6 Å². The van der Waals surface area contributed by atoms with Crippen molar-refractivity contribution in [3.8, 4) is 5.75 Å². The monoisotopic (exact) mass is 253 g/mol. The number of ether oxygens (including phenoxy) is 1. The highest BCUT2D eigenvalue weighted by Crippen LogP contribution is 2.14. The molecule has 1 aliphatic heterocycles. The number of rotatable bonds is 5. The van der Waals surface area contributed by atoms with Crippen LogP contribution in [0.4, 0.5) is 4.39 Å². The van der Waals surface area contributed by atoms with Crippen LogP contribution in [0.5, 0.6) is 5.75 Å². The molecule has 4 nitrogen and oxygen atoms in total. The van der Waals surface area contributed by atoms with Crippen LogP contribution in [0.15, 0.2) is 24.3 Å². The minimum atomic E-state index is -0.972. The van der Waals surface area contributed by atoms with Crippen molar-refractivity contribution in [3.63, 3.8) is 0 Å². The second-order valence-electron chi connectivity index (χ2n) is 4.37. The van der Waals surface area contributed by atoms with Gasteiger partial charge in [0.05, 0.1) is 5.56 Å². The predicted octanol–water partition coefficient (Wildman–Crippen LogP) is 1.81. The van der Waals surface area contributed by atoms with Gasteiger partial charge < -0.3 is 9.84 Å². The van der Waals surface area contributed by atoms with Crippen LogP contribution in [0.1, 0.15) is 16.8 Å². The summed E-state index contributed by atoms with van der Waals surface area (Å²) in [6.45, 7) is 2.34. The van der Waals surface area contributed by atoms with Crippen LogP contribution < -0.4 is 4.74 Å². The first-order chi connectivity index (χ1) is 8.65. The third kappa shape index (κ3) is 3.43. The fraction of sp³-hybridized carbons (Fsp3) is 0.462. The van der Waals surface area contributed by atoms with E-state index in [1.807, 2.05) is 4.90 Å². The molecule has 1 aliphatic rings. The molecule has 0 saturated carbocycles. The summed E-state index contributed by atoms with van der Waals surface area (Å²) in [6, 6.07) is 6.37. The van der Waals surface area contributed by atoms with Gasteiger partial charge in [-0.1, -0.05) is 6.07 Å². The topological polar surface area (TPSA) is 49.8 Å². The van der Waals surface area contributed by atoms with Crippen LogP contribution in [0, 0.1) is 0 Å². The Balaban J connectivity index is 1.79. The van der Waals surface area contributed by atoms with E-state index >= 15 is 0 Å². The van der Waals surface area contributed by atoms with E-state index in [2.05, 4.69) is 0 Å². The van der Waals surface area contributed by atoms with E-state index in [0.717, 1.165) is 6.54 Å². The van der Waals surface area contributed by atoms with Gasteiger partial charge in [-0.25, -0.2) is 9.18 Å². The number of nitrogens with zero attached hydrogens (tertiary/aromatic N) is 1. The molecule has 0 aromatic heterocycles. The first-order valence-electron chi connectivity index (χ1n) is 5.98. The zero-order valence-electron chi connectivity index (χ0n) is 10.0. The second-order valence-corrected chi connectivity index (χ2v) is 4.37. The Morgan fingerprint density at radius 3 is 3.06 bits per heavy atom. The van der Waals surface area contributed by atoms with Gasteiger partial charge in [0.25, 0.3) is 0 Å². The van der Waals surface area contributed by atoms with Gasteiger partial charge in [-0.2, -0.15) is 0 Å². The molecule has 1 fully saturated rings. The minimum absolute atomic E-state index is 0.206. The lowest BCUT2D eigenvalue weighted by Crippen LogP contribution is -2.26. The molecule has 18 heavy (non-hydrogen) atoms. The number of carboxylic acid groups (broad SMARTS) is 1. The molecule has 5 heteroatoms. The summed E-state index contributed by atoms with van der Waals surface area (Å²) >= 11 is 0. The molecule has 2 rings (SSSR count). The van der Waals surface area contributed by atoms with Crippen molar-refractivity contribution in [3.05, 3.63) is 29.8 Å². The van der Waals surface area contributed by atoms with Crippen LogP contribution in [0.2, 0.25) is 0 Å². The Morgan fingerprint density at radius 2 is 2.39 bits per heavy atom. The summed E-state index contributed by atoms with van der Waals surface area (Å²) in [5.41, 5.74) is 0.206. The molecule has 98 valence electrons. The summed E-state index contributed by atoms with van der Waals surface area (Å²) < 4.78 is 18.4.